The van der Waals surface area contributed by atoms with Gasteiger partial charge in [-0.05, 0) is 30.6 Å². The third kappa shape index (κ3) is 18.5. The van der Waals surface area contributed by atoms with E-state index in [4.69, 9.17) is 0 Å². The molecule has 0 rings (SSSR count). The summed E-state index contributed by atoms with van der Waals surface area (Å²) in [5, 5.41) is 10.6. The molecule has 0 saturated carbocycles. The van der Waals surface area contributed by atoms with Crippen molar-refractivity contribution < 1.29 is 9.90 Å². The van der Waals surface area contributed by atoms with E-state index in [0.717, 1.165) is 19.3 Å². The van der Waals surface area contributed by atoms with Crippen molar-refractivity contribution in [2.45, 2.75) is 208 Å². The summed E-state index contributed by atoms with van der Waals surface area (Å²) < 4.78 is 0. The van der Waals surface area contributed by atoms with Crippen LogP contribution in [0.5, 0.6) is 0 Å². The first-order valence-corrected chi connectivity index (χ1v) is 18.1. The van der Waals surface area contributed by atoms with Crippen LogP contribution in [0.4, 0.5) is 0 Å². The van der Waals surface area contributed by atoms with Crippen molar-refractivity contribution in [1.82, 2.24) is 0 Å². The topological polar surface area (TPSA) is 37.3 Å². The number of aliphatic carboxylic acids is 1. The van der Waals surface area contributed by atoms with Crippen LogP contribution in [0, 0.1) is 23.2 Å². The standard InChI is InChI=1S/C37H74O2/c1-7-9-11-13-15-17-19-20-21-23-25-27-29-31-35(33(3)4)37(34(5)6,36(38)39)32-30-28-26-24-22-18-16-14-12-10-8-2/h33-35H,7-32H2,1-6H3,(H,38,39). The van der Waals surface area contributed by atoms with Gasteiger partial charge in [-0.25, -0.2) is 0 Å². The van der Waals surface area contributed by atoms with Crippen molar-refractivity contribution in [1.29, 1.82) is 0 Å². The molecule has 0 aliphatic rings. The molecule has 0 aliphatic heterocycles. The van der Waals surface area contributed by atoms with Crippen LogP contribution in [-0.4, -0.2) is 11.1 Å². The van der Waals surface area contributed by atoms with Crippen LogP contribution in [0.3, 0.4) is 0 Å². The van der Waals surface area contributed by atoms with Gasteiger partial charge in [-0.15, -0.1) is 0 Å². The Morgan fingerprint density at radius 2 is 0.821 bits per heavy atom. The first-order chi connectivity index (χ1) is 18.8. The highest BCUT2D eigenvalue weighted by atomic mass is 16.4. The lowest BCUT2D eigenvalue weighted by atomic mass is 9.60. The molecule has 39 heavy (non-hydrogen) atoms. The molecule has 0 aliphatic carbocycles. The van der Waals surface area contributed by atoms with Crippen LogP contribution >= 0.6 is 0 Å². The van der Waals surface area contributed by atoms with Gasteiger partial charge in [0.25, 0.3) is 0 Å². The SMILES string of the molecule is CCCCCCCCCCCCCCCC(C(C)C)C(CCCCCCCCCCCCC)(C(=O)O)C(C)C. The lowest BCUT2D eigenvalue weighted by Crippen LogP contribution is -2.45. The third-order valence-corrected chi connectivity index (χ3v) is 9.71. The maximum atomic E-state index is 12.9. The van der Waals surface area contributed by atoms with Gasteiger partial charge in [0, 0.05) is 0 Å². The molecular formula is C37H74O2. The quantitative estimate of drug-likeness (QED) is 0.0903. The van der Waals surface area contributed by atoms with Gasteiger partial charge < -0.3 is 5.11 Å². The molecule has 0 amide bonds. The van der Waals surface area contributed by atoms with E-state index >= 15 is 0 Å². The molecule has 0 fully saturated rings. The molecule has 2 nitrogen and oxygen atoms in total. The van der Waals surface area contributed by atoms with E-state index in [-0.39, 0.29) is 11.8 Å². The van der Waals surface area contributed by atoms with Crippen LogP contribution in [0.2, 0.25) is 0 Å². The van der Waals surface area contributed by atoms with Crippen LogP contribution < -0.4 is 0 Å². The minimum atomic E-state index is -0.565. The molecule has 2 heteroatoms. The average Bonchev–Trinajstić information content (AvgIpc) is 2.89. The summed E-state index contributed by atoms with van der Waals surface area (Å²) in [6, 6.07) is 0. The van der Waals surface area contributed by atoms with E-state index in [1.807, 2.05) is 0 Å². The number of carbonyl (C=O) groups is 1. The predicted molar refractivity (Wildman–Crippen MR) is 175 cm³/mol. The summed E-state index contributed by atoms with van der Waals surface area (Å²) in [5.74, 6) is 0.366. The van der Waals surface area contributed by atoms with Crippen molar-refractivity contribution in [3.05, 3.63) is 0 Å². The van der Waals surface area contributed by atoms with Crippen LogP contribution in [0.15, 0.2) is 0 Å². The van der Waals surface area contributed by atoms with Crippen molar-refractivity contribution >= 4 is 5.97 Å². The molecule has 0 aromatic rings. The molecule has 2 atom stereocenters. The Kier molecular flexibility index (Phi) is 26.0. The Balaban J connectivity index is 4.36. The van der Waals surface area contributed by atoms with Crippen molar-refractivity contribution in [3.8, 4) is 0 Å². The van der Waals surface area contributed by atoms with Crippen molar-refractivity contribution in [2.24, 2.45) is 23.2 Å². The highest BCUT2D eigenvalue weighted by Gasteiger charge is 2.48. The van der Waals surface area contributed by atoms with Crippen LogP contribution in [-0.2, 0) is 4.79 Å². The van der Waals surface area contributed by atoms with E-state index < -0.39 is 11.4 Å². The van der Waals surface area contributed by atoms with Gasteiger partial charge in [-0.3, -0.25) is 4.79 Å². The molecule has 234 valence electrons. The summed E-state index contributed by atoms with van der Waals surface area (Å²) in [5.41, 5.74) is -0.565. The van der Waals surface area contributed by atoms with Gasteiger partial charge in [0.2, 0.25) is 0 Å². The summed E-state index contributed by atoms with van der Waals surface area (Å²) in [6.07, 6.45) is 34.2. The Bertz CT molecular complexity index is 526. The molecule has 0 saturated heterocycles. The molecular weight excluding hydrogens is 476 g/mol. The first-order valence-electron chi connectivity index (χ1n) is 18.1. The number of hydrogen-bond donors (Lipinski definition) is 1. The van der Waals surface area contributed by atoms with Crippen LogP contribution in [0.1, 0.15) is 208 Å². The monoisotopic (exact) mass is 551 g/mol. The van der Waals surface area contributed by atoms with E-state index in [1.165, 1.54) is 148 Å². The van der Waals surface area contributed by atoms with Gasteiger partial charge >= 0.3 is 5.97 Å². The van der Waals surface area contributed by atoms with Gasteiger partial charge in [-0.1, -0.05) is 196 Å². The Labute approximate surface area is 247 Å². The molecule has 0 spiro atoms. The number of rotatable bonds is 30. The van der Waals surface area contributed by atoms with Gasteiger partial charge in [0.05, 0.1) is 5.41 Å². The number of carboxylic acids is 1. The van der Waals surface area contributed by atoms with Gasteiger partial charge in [0.15, 0.2) is 0 Å². The fourth-order valence-electron chi connectivity index (χ4n) is 7.06. The molecule has 0 heterocycles. The van der Waals surface area contributed by atoms with Crippen molar-refractivity contribution in [3.63, 3.8) is 0 Å². The summed E-state index contributed by atoms with van der Waals surface area (Å²) in [7, 11) is 0. The lowest BCUT2D eigenvalue weighted by molar-refractivity contribution is -0.159. The zero-order valence-electron chi connectivity index (χ0n) is 28.0. The maximum absolute atomic E-state index is 12.9. The smallest absolute Gasteiger partial charge is 0.310 e. The zero-order chi connectivity index (χ0) is 29.2. The van der Waals surface area contributed by atoms with Crippen LogP contribution in [0.25, 0.3) is 0 Å². The number of unbranched alkanes of at least 4 members (excludes halogenated alkanes) is 22. The molecule has 1 N–H and O–H groups in total. The Morgan fingerprint density at radius 3 is 1.10 bits per heavy atom. The Morgan fingerprint density at radius 1 is 0.513 bits per heavy atom. The second-order valence-electron chi connectivity index (χ2n) is 13.7. The van der Waals surface area contributed by atoms with E-state index in [1.54, 1.807) is 0 Å². The summed E-state index contributed by atoms with van der Waals surface area (Å²) >= 11 is 0. The van der Waals surface area contributed by atoms with E-state index in [2.05, 4.69) is 41.5 Å². The predicted octanol–water partition coefficient (Wildman–Crippen LogP) is 13.2. The highest BCUT2D eigenvalue weighted by molar-refractivity contribution is 5.75. The summed E-state index contributed by atoms with van der Waals surface area (Å²) in [4.78, 5) is 12.9. The largest absolute Gasteiger partial charge is 0.481 e. The highest BCUT2D eigenvalue weighted by Crippen LogP contribution is 2.47. The van der Waals surface area contributed by atoms with Gasteiger partial charge in [-0.2, -0.15) is 0 Å². The second-order valence-corrected chi connectivity index (χ2v) is 13.7. The lowest BCUT2D eigenvalue weighted by Gasteiger charge is -2.43. The van der Waals surface area contributed by atoms with E-state index in [0.29, 0.717) is 5.92 Å². The number of carboxylic acid groups (broad SMARTS) is 1. The molecule has 0 aromatic heterocycles. The Hall–Kier alpha value is -0.530. The van der Waals surface area contributed by atoms with Crippen molar-refractivity contribution in [2.75, 3.05) is 0 Å². The normalized spacial score (nSPS) is 14.3. The fourth-order valence-corrected chi connectivity index (χ4v) is 7.06. The van der Waals surface area contributed by atoms with Gasteiger partial charge in [0.1, 0.15) is 0 Å². The molecule has 2 unspecified atom stereocenters. The average molecular weight is 551 g/mol. The third-order valence-electron chi connectivity index (χ3n) is 9.71. The zero-order valence-corrected chi connectivity index (χ0v) is 28.0. The minimum Gasteiger partial charge on any atom is -0.481 e. The molecule has 0 radical (unpaired) electrons. The second kappa shape index (κ2) is 26.4. The minimum absolute atomic E-state index is 0.187. The van der Waals surface area contributed by atoms with E-state index in [9.17, 15) is 9.90 Å². The maximum Gasteiger partial charge on any atom is 0.310 e. The summed E-state index contributed by atoms with van der Waals surface area (Å²) in [6.45, 7) is 13.5. The molecule has 0 bridgehead atoms. The first kappa shape index (κ1) is 38.5. The number of hydrogen-bond acceptors (Lipinski definition) is 1. The molecule has 0 aromatic carbocycles. The fraction of sp³-hybridized carbons (Fsp3) is 0.973.